The average molecular weight is 296 g/mol. The molecule has 2 aliphatic heterocycles. The highest BCUT2D eigenvalue weighted by Crippen LogP contribution is 2.24. The molecule has 118 valence electrons. The average Bonchev–Trinajstić information content (AvgIpc) is 2.80. The van der Waals surface area contributed by atoms with Crippen LogP contribution in [0.4, 0.5) is 0 Å². The Morgan fingerprint density at radius 1 is 1.33 bits per heavy atom. The number of amides is 1. The van der Waals surface area contributed by atoms with Crippen molar-refractivity contribution in [2.45, 2.75) is 39.7 Å². The number of carbonyl (C=O) groups excluding carboxylic acids is 3. The third-order valence-corrected chi connectivity index (χ3v) is 4.43. The van der Waals surface area contributed by atoms with Crippen LogP contribution in [0.15, 0.2) is 0 Å². The Bertz CT molecular complexity index is 447. The summed E-state index contributed by atoms with van der Waals surface area (Å²) in [7, 11) is 0. The first-order valence-electron chi connectivity index (χ1n) is 7.58. The Kier molecular flexibility index (Phi) is 4.66. The molecule has 2 saturated heterocycles. The molecule has 2 fully saturated rings. The van der Waals surface area contributed by atoms with Crippen LogP contribution in [0.5, 0.6) is 0 Å². The molecule has 1 unspecified atom stereocenters. The molecule has 0 aromatic carbocycles. The summed E-state index contributed by atoms with van der Waals surface area (Å²) in [5, 5.41) is 0. The van der Waals surface area contributed by atoms with E-state index in [9.17, 15) is 14.4 Å². The molecular formula is C15H24N2O4. The third-order valence-electron chi connectivity index (χ3n) is 4.43. The highest BCUT2D eigenvalue weighted by atomic mass is 16.5. The van der Waals surface area contributed by atoms with Crippen LogP contribution in [-0.2, 0) is 19.1 Å². The molecule has 2 rings (SSSR count). The molecule has 6 heteroatoms. The quantitative estimate of drug-likeness (QED) is 0.544. The number of nitrogens with zero attached hydrogens (tertiary/aromatic N) is 2. The zero-order chi connectivity index (χ0) is 15.6. The summed E-state index contributed by atoms with van der Waals surface area (Å²) in [5.74, 6) is -0.374. The Hall–Kier alpha value is -1.43. The first-order valence-corrected chi connectivity index (χ1v) is 7.58. The van der Waals surface area contributed by atoms with Gasteiger partial charge in [-0.25, -0.2) is 0 Å². The van der Waals surface area contributed by atoms with Gasteiger partial charge in [-0.15, -0.1) is 0 Å². The van der Waals surface area contributed by atoms with Gasteiger partial charge in [0.25, 0.3) is 0 Å². The molecule has 2 aliphatic rings. The van der Waals surface area contributed by atoms with Gasteiger partial charge in [-0.1, -0.05) is 0 Å². The second-order valence-electron chi connectivity index (χ2n) is 6.28. The van der Waals surface area contributed by atoms with Gasteiger partial charge in [0.15, 0.2) is 5.78 Å². The molecule has 6 nitrogen and oxygen atoms in total. The van der Waals surface area contributed by atoms with Crippen LogP contribution in [-0.4, -0.2) is 66.3 Å². The van der Waals surface area contributed by atoms with E-state index in [-0.39, 0.29) is 30.9 Å². The number of Topliss-reactive ketones (excluding diaryl/α,β-unsaturated/α-hetero) is 1. The van der Waals surface area contributed by atoms with Crippen LogP contribution in [0.2, 0.25) is 0 Å². The van der Waals surface area contributed by atoms with Gasteiger partial charge < -0.3 is 9.64 Å². The molecule has 0 N–H and O–H groups in total. The lowest BCUT2D eigenvalue weighted by Gasteiger charge is -2.38. The minimum absolute atomic E-state index is 0.126. The standard InChI is InChI=1S/C15H24N2O4/c1-4-21-14(20)15(2,3)12(18)10-16-7-8-17-11(9-16)5-6-13(17)19/h11H,4-10H2,1-3H3. The van der Waals surface area contributed by atoms with Gasteiger partial charge in [-0.2, -0.15) is 0 Å². The fourth-order valence-electron chi connectivity index (χ4n) is 2.90. The van der Waals surface area contributed by atoms with Crippen molar-refractivity contribution in [2.24, 2.45) is 5.41 Å². The minimum Gasteiger partial charge on any atom is -0.465 e. The van der Waals surface area contributed by atoms with E-state index in [0.29, 0.717) is 19.5 Å². The fourth-order valence-corrected chi connectivity index (χ4v) is 2.90. The molecule has 1 amide bonds. The number of carbonyl (C=O) groups is 3. The van der Waals surface area contributed by atoms with Crippen molar-refractivity contribution in [1.29, 1.82) is 0 Å². The van der Waals surface area contributed by atoms with E-state index in [2.05, 4.69) is 0 Å². The topological polar surface area (TPSA) is 66.9 Å². The summed E-state index contributed by atoms with van der Waals surface area (Å²) in [6.45, 7) is 7.56. The monoisotopic (exact) mass is 296 g/mol. The molecule has 0 aromatic rings. The second-order valence-corrected chi connectivity index (χ2v) is 6.28. The molecule has 21 heavy (non-hydrogen) atoms. The van der Waals surface area contributed by atoms with Crippen molar-refractivity contribution in [3.63, 3.8) is 0 Å². The molecule has 0 spiro atoms. The van der Waals surface area contributed by atoms with E-state index in [0.717, 1.165) is 13.0 Å². The Balaban J connectivity index is 1.91. The van der Waals surface area contributed by atoms with Gasteiger partial charge in [0.05, 0.1) is 13.2 Å². The number of hydrogen-bond acceptors (Lipinski definition) is 5. The molecule has 0 saturated carbocycles. The lowest BCUT2D eigenvalue weighted by atomic mass is 9.87. The smallest absolute Gasteiger partial charge is 0.319 e. The lowest BCUT2D eigenvalue weighted by molar-refractivity contribution is -0.158. The van der Waals surface area contributed by atoms with Gasteiger partial charge in [-0.05, 0) is 27.2 Å². The van der Waals surface area contributed by atoms with Crippen LogP contribution in [0, 0.1) is 5.41 Å². The third kappa shape index (κ3) is 3.26. The van der Waals surface area contributed by atoms with Crippen molar-refractivity contribution in [3.05, 3.63) is 0 Å². The van der Waals surface area contributed by atoms with Crippen LogP contribution in [0.3, 0.4) is 0 Å². The molecular weight excluding hydrogens is 272 g/mol. The molecule has 0 aromatic heterocycles. The van der Waals surface area contributed by atoms with Crippen LogP contribution >= 0.6 is 0 Å². The fraction of sp³-hybridized carbons (Fsp3) is 0.800. The van der Waals surface area contributed by atoms with Gasteiger partial charge in [0, 0.05) is 32.1 Å². The first kappa shape index (κ1) is 15.9. The SMILES string of the molecule is CCOC(=O)C(C)(C)C(=O)CN1CCN2C(=O)CCC2C1. The van der Waals surface area contributed by atoms with Gasteiger partial charge in [-0.3, -0.25) is 19.3 Å². The maximum Gasteiger partial charge on any atom is 0.319 e. The second kappa shape index (κ2) is 6.13. The van der Waals surface area contributed by atoms with E-state index in [1.54, 1.807) is 20.8 Å². The Morgan fingerprint density at radius 3 is 2.71 bits per heavy atom. The van der Waals surface area contributed by atoms with Crippen molar-refractivity contribution in [3.8, 4) is 0 Å². The molecule has 1 atom stereocenters. The van der Waals surface area contributed by atoms with Crippen molar-refractivity contribution < 1.29 is 19.1 Å². The van der Waals surface area contributed by atoms with Crippen LogP contribution < -0.4 is 0 Å². The van der Waals surface area contributed by atoms with E-state index in [4.69, 9.17) is 4.74 Å². The zero-order valence-electron chi connectivity index (χ0n) is 13.1. The minimum atomic E-state index is -1.11. The van der Waals surface area contributed by atoms with Crippen molar-refractivity contribution >= 4 is 17.7 Å². The summed E-state index contributed by atoms with van der Waals surface area (Å²) in [6, 6.07) is 0.227. The summed E-state index contributed by atoms with van der Waals surface area (Å²) in [5.41, 5.74) is -1.11. The van der Waals surface area contributed by atoms with E-state index >= 15 is 0 Å². The van der Waals surface area contributed by atoms with Crippen molar-refractivity contribution in [2.75, 3.05) is 32.8 Å². The van der Waals surface area contributed by atoms with Gasteiger partial charge >= 0.3 is 5.97 Å². The molecule has 0 bridgehead atoms. The molecule has 2 heterocycles. The molecule has 0 aliphatic carbocycles. The Labute approximate surface area is 125 Å². The maximum absolute atomic E-state index is 12.4. The highest BCUT2D eigenvalue weighted by Gasteiger charge is 2.40. The van der Waals surface area contributed by atoms with Gasteiger partial charge in [0.2, 0.25) is 5.91 Å². The van der Waals surface area contributed by atoms with Crippen molar-refractivity contribution in [1.82, 2.24) is 9.80 Å². The van der Waals surface area contributed by atoms with E-state index in [1.807, 2.05) is 9.80 Å². The number of piperazine rings is 1. The van der Waals surface area contributed by atoms with Gasteiger partial charge in [0.1, 0.15) is 5.41 Å². The molecule has 0 radical (unpaired) electrons. The number of rotatable bonds is 5. The lowest BCUT2D eigenvalue weighted by Crippen LogP contribution is -2.54. The number of ether oxygens (including phenoxy) is 1. The maximum atomic E-state index is 12.4. The van der Waals surface area contributed by atoms with Crippen LogP contribution in [0.1, 0.15) is 33.6 Å². The number of hydrogen-bond donors (Lipinski definition) is 0. The Morgan fingerprint density at radius 2 is 2.05 bits per heavy atom. The first-order chi connectivity index (χ1) is 9.86. The summed E-state index contributed by atoms with van der Waals surface area (Å²) < 4.78 is 4.97. The number of esters is 1. The predicted octanol–water partition coefficient (Wildman–Crippen LogP) is 0.451. The van der Waals surface area contributed by atoms with Crippen LogP contribution in [0.25, 0.3) is 0 Å². The van der Waals surface area contributed by atoms with E-state index in [1.165, 1.54) is 0 Å². The summed E-state index contributed by atoms with van der Waals surface area (Å²) in [4.78, 5) is 39.8. The largest absolute Gasteiger partial charge is 0.465 e. The van der Waals surface area contributed by atoms with E-state index < -0.39 is 11.4 Å². The number of fused-ring (bicyclic) bond motifs is 1. The zero-order valence-corrected chi connectivity index (χ0v) is 13.1. The summed E-state index contributed by atoms with van der Waals surface area (Å²) in [6.07, 6.45) is 1.48. The number of ketones is 1. The summed E-state index contributed by atoms with van der Waals surface area (Å²) >= 11 is 0. The normalized spacial score (nSPS) is 23.1. The predicted molar refractivity (Wildman–Crippen MR) is 76.6 cm³/mol. The highest BCUT2D eigenvalue weighted by molar-refractivity contribution is 6.03.